The summed E-state index contributed by atoms with van der Waals surface area (Å²) in [5.41, 5.74) is 1.69. The van der Waals surface area contributed by atoms with E-state index >= 15 is 0 Å². The molecule has 16 heavy (non-hydrogen) atoms. The Hall–Kier alpha value is -1.42. The van der Waals surface area contributed by atoms with Crippen LogP contribution in [0.5, 0.6) is 0 Å². The third-order valence-corrected chi connectivity index (χ3v) is 2.39. The number of aliphatic hydroxyl groups is 1. The van der Waals surface area contributed by atoms with Crippen LogP contribution in [0.15, 0.2) is 34.6 Å². The first-order chi connectivity index (χ1) is 7.67. The minimum absolute atomic E-state index is 0.436. The van der Waals surface area contributed by atoms with Crippen LogP contribution in [0, 0.1) is 0 Å². The molecule has 0 aliphatic carbocycles. The second-order valence-corrected chi connectivity index (χ2v) is 3.60. The molecule has 0 radical (unpaired) electrons. The number of nitrogens with zero attached hydrogens (tertiary/aromatic N) is 3. The normalized spacial score (nSPS) is 13.0. The van der Waals surface area contributed by atoms with Crippen molar-refractivity contribution in [1.29, 1.82) is 0 Å². The molecule has 1 rings (SSSR count). The van der Waals surface area contributed by atoms with Gasteiger partial charge >= 0.3 is 0 Å². The zero-order valence-corrected chi connectivity index (χ0v) is 10.1. The van der Waals surface area contributed by atoms with E-state index in [-0.39, 0.29) is 0 Å². The highest BCUT2D eigenvalue weighted by Crippen LogP contribution is 2.18. The highest BCUT2D eigenvalue weighted by Gasteiger charge is 1.99. The number of hydrogen-bond acceptors (Lipinski definition) is 3. The van der Waals surface area contributed by atoms with Crippen molar-refractivity contribution in [3.8, 4) is 0 Å². The lowest BCUT2D eigenvalue weighted by Gasteiger charge is -2.11. The van der Waals surface area contributed by atoms with Gasteiger partial charge in [0, 0.05) is 13.1 Å². The van der Waals surface area contributed by atoms with Crippen molar-refractivity contribution in [2.24, 2.45) is 10.3 Å². The van der Waals surface area contributed by atoms with Gasteiger partial charge in [-0.1, -0.05) is 17.4 Å². The maximum atomic E-state index is 9.35. The largest absolute Gasteiger partial charge is 0.389 e. The fraction of sp³-hybridized carbons (Fsp3) is 0.500. The lowest BCUT2D eigenvalue weighted by molar-refractivity contribution is 0.199. The fourth-order valence-corrected chi connectivity index (χ4v) is 1.28. The molecule has 0 saturated heterocycles. The van der Waals surface area contributed by atoms with E-state index in [2.05, 4.69) is 10.3 Å². The van der Waals surface area contributed by atoms with Crippen LogP contribution in [0.1, 0.15) is 32.4 Å². The number of benzene rings is 1. The summed E-state index contributed by atoms with van der Waals surface area (Å²) < 4.78 is 0. The predicted octanol–water partition coefficient (Wildman–Crippen LogP) is 3.08. The van der Waals surface area contributed by atoms with Gasteiger partial charge in [-0.15, -0.1) is 5.11 Å². The van der Waals surface area contributed by atoms with Crippen molar-refractivity contribution in [3.05, 3.63) is 29.8 Å². The molecule has 0 spiro atoms. The molecule has 0 aliphatic rings. The van der Waals surface area contributed by atoms with Gasteiger partial charge in [0.2, 0.25) is 0 Å². The molecule has 0 fully saturated rings. The van der Waals surface area contributed by atoms with E-state index in [0.717, 1.165) is 24.3 Å². The lowest BCUT2D eigenvalue weighted by atomic mass is 10.1. The van der Waals surface area contributed by atoms with Gasteiger partial charge in [-0.05, 0) is 38.5 Å². The van der Waals surface area contributed by atoms with Crippen LogP contribution in [0.2, 0.25) is 0 Å². The second kappa shape index (κ2) is 6.23. The van der Waals surface area contributed by atoms with E-state index in [9.17, 15) is 5.11 Å². The third kappa shape index (κ3) is 3.62. The van der Waals surface area contributed by atoms with E-state index in [0.29, 0.717) is 0 Å². The van der Waals surface area contributed by atoms with Crippen molar-refractivity contribution >= 4 is 5.69 Å². The highest BCUT2D eigenvalue weighted by molar-refractivity contribution is 5.38. The summed E-state index contributed by atoms with van der Waals surface area (Å²) in [7, 11) is 0. The second-order valence-electron chi connectivity index (χ2n) is 3.60. The van der Waals surface area contributed by atoms with E-state index in [1.54, 1.807) is 6.92 Å². The summed E-state index contributed by atoms with van der Waals surface area (Å²) >= 11 is 0. The zero-order valence-electron chi connectivity index (χ0n) is 10.1. The van der Waals surface area contributed by atoms with Crippen LogP contribution in [-0.4, -0.2) is 23.2 Å². The highest BCUT2D eigenvalue weighted by atomic mass is 16.3. The van der Waals surface area contributed by atoms with Gasteiger partial charge in [0.25, 0.3) is 0 Å². The summed E-state index contributed by atoms with van der Waals surface area (Å²) in [6, 6.07) is 7.44. The number of rotatable bonds is 5. The summed E-state index contributed by atoms with van der Waals surface area (Å²) in [5, 5.41) is 19.4. The van der Waals surface area contributed by atoms with Crippen LogP contribution in [0.4, 0.5) is 5.69 Å². The van der Waals surface area contributed by atoms with Gasteiger partial charge in [-0.25, -0.2) is 0 Å². The maximum absolute atomic E-state index is 9.35. The average molecular weight is 221 g/mol. The zero-order chi connectivity index (χ0) is 12.0. The Kier molecular flexibility index (Phi) is 4.92. The molecule has 0 heterocycles. The van der Waals surface area contributed by atoms with Crippen molar-refractivity contribution in [2.75, 3.05) is 13.1 Å². The average Bonchev–Trinajstić information content (AvgIpc) is 2.31. The Morgan fingerprint density at radius 1 is 1.19 bits per heavy atom. The SMILES string of the molecule is CCN(CC)N=Nc1ccc(C(C)O)cc1. The van der Waals surface area contributed by atoms with Gasteiger partial charge in [-0.2, -0.15) is 0 Å². The van der Waals surface area contributed by atoms with Crippen LogP contribution >= 0.6 is 0 Å². The molecule has 4 heteroatoms. The molecule has 0 amide bonds. The molecule has 1 N–H and O–H groups in total. The quantitative estimate of drug-likeness (QED) is 0.613. The fourth-order valence-electron chi connectivity index (χ4n) is 1.28. The maximum Gasteiger partial charge on any atom is 0.0874 e. The van der Waals surface area contributed by atoms with Crippen molar-refractivity contribution in [1.82, 2.24) is 5.01 Å². The van der Waals surface area contributed by atoms with Gasteiger partial charge < -0.3 is 5.11 Å². The molecule has 0 saturated carbocycles. The van der Waals surface area contributed by atoms with E-state index in [1.807, 2.05) is 43.1 Å². The van der Waals surface area contributed by atoms with Crippen LogP contribution in [0.25, 0.3) is 0 Å². The topological polar surface area (TPSA) is 48.2 Å². The Morgan fingerprint density at radius 3 is 2.19 bits per heavy atom. The summed E-state index contributed by atoms with van der Waals surface area (Å²) in [6.45, 7) is 7.53. The minimum atomic E-state index is -0.436. The van der Waals surface area contributed by atoms with E-state index in [4.69, 9.17) is 0 Å². The summed E-state index contributed by atoms with van der Waals surface area (Å²) in [5.74, 6) is 0. The smallest absolute Gasteiger partial charge is 0.0874 e. The first kappa shape index (κ1) is 12.6. The molecule has 1 atom stereocenters. The van der Waals surface area contributed by atoms with Crippen LogP contribution in [0.3, 0.4) is 0 Å². The Balaban J connectivity index is 2.68. The minimum Gasteiger partial charge on any atom is -0.389 e. The summed E-state index contributed by atoms with van der Waals surface area (Å²) in [4.78, 5) is 0. The van der Waals surface area contributed by atoms with Crippen molar-refractivity contribution in [3.63, 3.8) is 0 Å². The first-order valence-electron chi connectivity index (χ1n) is 5.62. The molecular weight excluding hydrogens is 202 g/mol. The van der Waals surface area contributed by atoms with E-state index in [1.165, 1.54) is 0 Å². The Bertz CT molecular complexity index is 329. The first-order valence-corrected chi connectivity index (χ1v) is 5.62. The molecule has 88 valence electrons. The molecule has 1 aromatic rings. The number of hydrogen-bond donors (Lipinski definition) is 1. The molecule has 4 nitrogen and oxygen atoms in total. The molecule has 0 aromatic heterocycles. The Morgan fingerprint density at radius 2 is 1.75 bits per heavy atom. The molecular formula is C12H19N3O. The van der Waals surface area contributed by atoms with Crippen LogP contribution in [-0.2, 0) is 0 Å². The van der Waals surface area contributed by atoms with Gasteiger partial charge in [0.05, 0.1) is 11.8 Å². The molecule has 1 unspecified atom stereocenters. The van der Waals surface area contributed by atoms with Crippen LogP contribution < -0.4 is 0 Å². The summed E-state index contributed by atoms with van der Waals surface area (Å²) in [6.07, 6.45) is -0.436. The lowest BCUT2D eigenvalue weighted by Crippen LogP contribution is -2.14. The molecule has 1 aromatic carbocycles. The molecule has 0 bridgehead atoms. The monoisotopic (exact) mass is 221 g/mol. The van der Waals surface area contributed by atoms with Gasteiger partial charge in [-0.3, -0.25) is 5.01 Å². The standard InChI is InChI=1S/C12H19N3O/c1-4-15(5-2)14-13-12-8-6-11(7-9-12)10(3)16/h6-10,16H,4-5H2,1-3H3. The van der Waals surface area contributed by atoms with Crippen molar-refractivity contribution in [2.45, 2.75) is 26.9 Å². The number of aliphatic hydroxyl groups excluding tert-OH is 1. The van der Waals surface area contributed by atoms with E-state index < -0.39 is 6.10 Å². The third-order valence-electron chi connectivity index (χ3n) is 2.39. The molecule has 0 aliphatic heterocycles. The van der Waals surface area contributed by atoms with Crippen molar-refractivity contribution < 1.29 is 5.11 Å². The van der Waals surface area contributed by atoms with Gasteiger partial charge in [0.15, 0.2) is 0 Å². The van der Waals surface area contributed by atoms with Gasteiger partial charge in [0.1, 0.15) is 0 Å². The predicted molar refractivity (Wildman–Crippen MR) is 64.5 cm³/mol. The Labute approximate surface area is 96.6 Å².